The Kier molecular flexibility index (Phi) is 4.42. The monoisotopic (exact) mass is 383 g/mol. The molecule has 0 atom stereocenters. The third-order valence-electron chi connectivity index (χ3n) is 4.19. The van der Waals surface area contributed by atoms with Gasteiger partial charge < -0.3 is 10.2 Å². The molecule has 5 nitrogen and oxygen atoms in total. The Hall–Kier alpha value is -2.38. The third-order valence-corrected chi connectivity index (χ3v) is 6.15. The number of anilines is 2. The first kappa shape index (κ1) is 17.1. The summed E-state index contributed by atoms with van der Waals surface area (Å²) >= 11 is 2.96. The molecular formula is C19H17N3O2S2. The number of thioether (sulfide) groups is 1. The molecule has 132 valence electrons. The zero-order valence-electron chi connectivity index (χ0n) is 14.4. The molecule has 3 aromatic rings. The van der Waals surface area contributed by atoms with Crippen molar-refractivity contribution in [1.82, 2.24) is 4.98 Å². The first-order valence-corrected chi connectivity index (χ1v) is 10.0. The SMILES string of the molecule is Cc1cc(C)c2nc(NC(=O)CN3C(=O)CSc4ccccc43)sc2c1. The quantitative estimate of drug-likeness (QED) is 0.743. The summed E-state index contributed by atoms with van der Waals surface area (Å²) in [6.45, 7) is 4.05. The van der Waals surface area contributed by atoms with Crippen molar-refractivity contribution in [3.8, 4) is 0 Å². The second kappa shape index (κ2) is 6.74. The van der Waals surface area contributed by atoms with Gasteiger partial charge >= 0.3 is 0 Å². The molecule has 26 heavy (non-hydrogen) atoms. The molecular weight excluding hydrogens is 366 g/mol. The number of nitrogens with one attached hydrogen (secondary N) is 1. The van der Waals surface area contributed by atoms with Crippen LogP contribution in [0.5, 0.6) is 0 Å². The molecule has 1 aliphatic heterocycles. The first-order valence-electron chi connectivity index (χ1n) is 8.21. The van der Waals surface area contributed by atoms with Crippen molar-refractivity contribution in [2.24, 2.45) is 0 Å². The normalized spacial score (nSPS) is 13.8. The van der Waals surface area contributed by atoms with Gasteiger partial charge in [0.05, 0.1) is 21.7 Å². The van der Waals surface area contributed by atoms with Crippen LogP contribution in [0.25, 0.3) is 10.2 Å². The molecule has 0 saturated heterocycles. The number of aryl methyl sites for hydroxylation is 2. The number of rotatable bonds is 3. The van der Waals surface area contributed by atoms with Crippen LogP contribution in [0.2, 0.25) is 0 Å². The Morgan fingerprint density at radius 2 is 2.08 bits per heavy atom. The number of carbonyl (C=O) groups excluding carboxylic acids is 2. The Morgan fingerprint density at radius 3 is 2.92 bits per heavy atom. The highest BCUT2D eigenvalue weighted by molar-refractivity contribution is 8.00. The van der Waals surface area contributed by atoms with Gasteiger partial charge in [-0.1, -0.05) is 29.5 Å². The van der Waals surface area contributed by atoms with Crippen LogP contribution in [-0.4, -0.2) is 29.1 Å². The van der Waals surface area contributed by atoms with E-state index in [9.17, 15) is 9.59 Å². The molecule has 1 aromatic heterocycles. The molecule has 2 aromatic carbocycles. The zero-order valence-corrected chi connectivity index (χ0v) is 16.0. The van der Waals surface area contributed by atoms with Gasteiger partial charge in [-0.2, -0.15) is 0 Å². The van der Waals surface area contributed by atoms with E-state index in [-0.39, 0.29) is 18.4 Å². The molecule has 1 aliphatic rings. The molecule has 4 rings (SSSR count). The average Bonchev–Trinajstić information content (AvgIpc) is 3.00. The van der Waals surface area contributed by atoms with Crippen molar-refractivity contribution in [3.63, 3.8) is 0 Å². The van der Waals surface area contributed by atoms with Crippen LogP contribution < -0.4 is 10.2 Å². The van der Waals surface area contributed by atoms with Crippen LogP contribution >= 0.6 is 23.1 Å². The van der Waals surface area contributed by atoms with E-state index >= 15 is 0 Å². The van der Waals surface area contributed by atoms with Crippen molar-refractivity contribution in [2.45, 2.75) is 18.7 Å². The van der Waals surface area contributed by atoms with Crippen molar-refractivity contribution in [2.75, 3.05) is 22.5 Å². The highest BCUT2D eigenvalue weighted by atomic mass is 32.2. The summed E-state index contributed by atoms with van der Waals surface area (Å²) in [6.07, 6.45) is 0. The fourth-order valence-corrected chi connectivity index (χ4v) is 5.05. The number of benzene rings is 2. The van der Waals surface area contributed by atoms with Gasteiger partial charge in [0, 0.05) is 4.90 Å². The topological polar surface area (TPSA) is 62.3 Å². The van der Waals surface area contributed by atoms with Crippen molar-refractivity contribution >= 4 is 55.9 Å². The number of fused-ring (bicyclic) bond motifs is 2. The van der Waals surface area contributed by atoms with E-state index in [1.54, 1.807) is 4.90 Å². The molecule has 2 amide bonds. The molecule has 0 bridgehead atoms. The summed E-state index contributed by atoms with van der Waals surface area (Å²) in [6, 6.07) is 11.8. The van der Waals surface area contributed by atoms with Crippen LogP contribution in [0.1, 0.15) is 11.1 Å². The van der Waals surface area contributed by atoms with E-state index in [1.807, 2.05) is 38.1 Å². The summed E-state index contributed by atoms with van der Waals surface area (Å²) in [5.74, 6) is 0.0530. The maximum atomic E-state index is 12.5. The van der Waals surface area contributed by atoms with Crippen molar-refractivity contribution in [1.29, 1.82) is 0 Å². The van der Waals surface area contributed by atoms with Crippen LogP contribution in [0, 0.1) is 13.8 Å². The maximum Gasteiger partial charge on any atom is 0.246 e. The lowest BCUT2D eigenvalue weighted by atomic mass is 10.1. The third kappa shape index (κ3) is 3.20. The Balaban J connectivity index is 1.54. The zero-order chi connectivity index (χ0) is 18.3. The number of hydrogen-bond acceptors (Lipinski definition) is 5. The number of nitrogens with zero attached hydrogens (tertiary/aromatic N) is 2. The van der Waals surface area contributed by atoms with E-state index in [2.05, 4.69) is 22.4 Å². The lowest BCUT2D eigenvalue weighted by Gasteiger charge is -2.28. The molecule has 0 unspecified atom stereocenters. The Labute approximate surface area is 159 Å². The van der Waals surface area contributed by atoms with Gasteiger partial charge in [-0.15, -0.1) is 11.8 Å². The molecule has 0 spiro atoms. The standard InChI is InChI=1S/C19H17N3O2S2/c1-11-7-12(2)18-15(8-11)26-19(21-18)20-16(23)9-22-13-5-3-4-6-14(13)25-10-17(22)24/h3-8H,9-10H2,1-2H3,(H,20,21,23). The highest BCUT2D eigenvalue weighted by Crippen LogP contribution is 2.35. The van der Waals surface area contributed by atoms with Gasteiger partial charge in [0.1, 0.15) is 6.54 Å². The summed E-state index contributed by atoms with van der Waals surface area (Å²) in [4.78, 5) is 31.9. The summed E-state index contributed by atoms with van der Waals surface area (Å²) < 4.78 is 1.05. The maximum absolute atomic E-state index is 12.5. The molecule has 0 saturated carbocycles. The molecule has 0 fully saturated rings. The number of carbonyl (C=O) groups is 2. The van der Waals surface area contributed by atoms with Crippen molar-refractivity contribution < 1.29 is 9.59 Å². The minimum absolute atomic E-state index is 0.00958. The van der Waals surface area contributed by atoms with E-state index in [0.717, 1.165) is 26.4 Å². The van der Waals surface area contributed by atoms with E-state index in [0.29, 0.717) is 10.9 Å². The first-order chi connectivity index (χ1) is 12.5. The van der Waals surface area contributed by atoms with E-state index in [4.69, 9.17) is 0 Å². The van der Waals surface area contributed by atoms with E-state index < -0.39 is 0 Å². The lowest BCUT2D eigenvalue weighted by Crippen LogP contribution is -2.41. The number of para-hydroxylation sites is 1. The number of hydrogen-bond donors (Lipinski definition) is 1. The molecule has 7 heteroatoms. The Morgan fingerprint density at radius 1 is 1.27 bits per heavy atom. The molecule has 2 heterocycles. The summed E-state index contributed by atoms with van der Waals surface area (Å²) in [5, 5.41) is 3.41. The van der Waals surface area contributed by atoms with Gasteiger partial charge in [0.2, 0.25) is 11.8 Å². The minimum atomic E-state index is -0.242. The van der Waals surface area contributed by atoms with Gasteiger partial charge in [0.25, 0.3) is 0 Å². The van der Waals surface area contributed by atoms with Crippen LogP contribution in [-0.2, 0) is 9.59 Å². The number of amides is 2. The average molecular weight is 383 g/mol. The number of thiazole rings is 1. The summed E-state index contributed by atoms with van der Waals surface area (Å²) in [7, 11) is 0. The molecule has 0 aliphatic carbocycles. The molecule has 1 N–H and O–H groups in total. The fraction of sp³-hybridized carbons (Fsp3) is 0.211. The smallest absolute Gasteiger partial charge is 0.246 e. The van der Waals surface area contributed by atoms with Gasteiger partial charge in [-0.25, -0.2) is 4.98 Å². The van der Waals surface area contributed by atoms with Gasteiger partial charge in [0.15, 0.2) is 5.13 Å². The Bertz CT molecular complexity index is 1030. The van der Waals surface area contributed by atoms with Crippen LogP contribution in [0.15, 0.2) is 41.3 Å². The summed E-state index contributed by atoms with van der Waals surface area (Å²) in [5.41, 5.74) is 3.96. The van der Waals surface area contributed by atoms with Crippen LogP contribution in [0.4, 0.5) is 10.8 Å². The fourth-order valence-electron chi connectivity index (χ4n) is 3.05. The van der Waals surface area contributed by atoms with Crippen LogP contribution in [0.3, 0.4) is 0 Å². The van der Waals surface area contributed by atoms with Crippen molar-refractivity contribution in [3.05, 3.63) is 47.5 Å². The largest absolute Gasteiger partial charge is 0.301 e. The number of aromatic nitrogens is 1. The van der Waals surface area contributed by atoms with E-state index in [1.165, 1.54) is 28.7 Å². The second-order valence-electron chi connectivity index (χ2n) is 6.23. The lowest BCUT2D eigenvalue weighted by molar-refractivity contribution is -0.120. The molecule has 0 radical (unpaired) electrons. The predicted molar refractivity (Wildman–Crippen MR) is 107 cm³/mol. The van der Waals surface area contributed by atoms with Gasteiger partial charge in [-0.05, 0) is 43.2 Å². The predicted octanol–water partition coefficient (Wildman–Crippen LogP) is 3.99. The minimum Gasteiger partial charge on any atom is -0.301 e. The second-order valence-corrected chi connectivity index (χ2v) is 8.28. The highest BCUT2D eigenvalue weighted by Gasteiger charge is 2.26. The van der Waals surface area contributed by atoms with Gasteiger partial charge in [-0.3, -0.25) is 9.59 Å².